The molecule has 1 saturated heterocycles. The van der Waals surface area contributed by atoms with Crippen LogP contribution in [0.15, 0.2) is 29.4 Å². The lowest BCUT2D eigenvalue weighted by molar-refractivity contribution is -0.133. The van der Waals surface area contributed by atoms with Gasteiger partial charge in [-0.2, -0.15) is 5.10 Å². The minimum atomic E-state index is -1.26. The second-order valence-corrected chi connectivity index (χ2v) is 5.55. The van der Waals surface area contributed by atoms with Gasteiger partial charge in [0.2, 0.25) is 5.91 Å². The molecule has 0 aromatic heterocycles. The van der Waals surface area contributed by atoms with Crippen molar-refractivity contribution in [2.75, 3.05) is 12.0 Å². The second-order valence-electron chi connectivity index (χ2n) is 5.55. The molecule has 1 fully saturated rings. The van der Waals surface area contributed by atoms with Gasteiger partial charge in [-0.15, -0.1) is 0 Å². The number of hydrogen-bond acceptors (Lipinski definition) is 6. The first-order valence-electron chi connectivity index (χ1n) is 6.78. The van der Waals surface area contributed by atoms with Crippen LogP contribution in [0.1, 0.15) is 12.5 Å². The van der Waals surface area contributed by atoms with Crippen molar-refractivity contribution in [2.24, 2.45) is 11.0 Å². The number of hydrogen-bond donors (Lipinski definition) is 1. The number of ether oxygens (including phenoxy) is 1. The van der Waals surface area contributed by atoms with E-state index in [0.29, 0.717) is 5.69 Å². The molecule has 2 aliphatic rings. The van der Waals surface area contributed by atoms with Crippen LogP contribution < -0.4 is 10.3 Å². The SMILES string of the molecule is COC(=O)C1=NN[C@]2(C)C(=O)N(c3ccc(C)cc3)C(=O)C12. The molecular weight excluding hydrogens is 286 g/mol. The number of imide groups is 1. The third-order valence-electron chi connectivity index (χ3n) is 4.06. The van der Waals surface area contributed by atoms with Gasteiger partial charge in [0, 0.05) is 0 Å². The van der Waals surface area contributed by atoms with Gasteiger partial charge in [-0.3, -0.25) is 15.0 Å². The molecule has 0 bridgehead atoms. The minimum Gasteiger partial charge on any atom is -0.464 e. The van der Waals surface area contributed by atoms with Crippen LogP contribution in [0.2, 0.25) is 0 Å². The highest BCUT2D eigenvalue weighted by molar-refractivity contribution is 6.47. The fourth-order valence-corrected chi connectivity index (χ4v) is 2.78. The van der Waals surface area contributed by atoms with Crippen LogP contribution in [0.3, 0.4) is 0 Å². The lowest BCUT2D eigenvalue weighted by Gasteiger charge is -2.20. The van der Waals surface area contributed by atoms with Crippen LogP contribution in [-0.2, 0) is 19.1 Å². The van der Waals surface area contributed by atoms with Crippen LogP contribution in [0, 0.1) is 12.8 Å². The van der Waals surface area contributed by atoms with Crippen LogP contribution in [0.25, 0.3) is 0 Å². The van der Waals surface area contributed by atoms with Gasteiger partial charge in [0.05, 0.1) is 12.8 Å². The number of rotatable bonds is 2. The Kier molecular flexibility index (Phi) is 3.01. The first-order chi connectivity index (χ1) is 10.4. The zero-order chi connectivity index (χ0) is 16.1. The van der Waals surface area contributed by atoms with Gasteiger partial charge in [-0.1, -0.05) is 17.7 Å². The van der Waals surface area contributed by atoms with Crippen molar-refractivity contribution in [3.63, 3.8) is 0 Å². The number of benzene rings is 1. The van der Waals surface area contributed by atoms with Gasteiger partial charge >= 0.3 is 5.97 Å². The van der Waals surface area contributed by atoms with E-state index in [1.54, 1.807) is 19.1 Å². The molecule has 2 amide bonds. The van der Waals surface area contributed by atoms with E-state index in [1.165, 1.54) is 7.11 Å². The number of anilines is 1. The number of carbonyl (C=O) groups is 3. The number of aryl methyl sites for hydroxylation is 1. The summed E-state index contributed by atoms with van der Waals surface area (Å²) in [5, 5.41) is 3.83. The molecule has 1 N–H and O–H groups in total. The highest BCUT2D eigenvalue weighted by Crippen LogP contribution is 2.38. The Morgan fingerprint density at radius 2 is 1.95 bits per heavy atom. The molecule has 1 aromatic carbocycles. The molecule has 1 aromatic rings. The van der Waals surface area contributed by atoms with Gasteiger partial charge in [-0.05, 0) is 26.0 Å². The Balaban J connectivity index is 2.03. The number of esters is 1. The molecule has 114 valence electrons. The van der Waals surface area contributed by atoms with Gasteiger partial charge in [0.25, 0.3) is 5.91 Å². The molecule has 7 heteroatoms. The monoisotopic (exact) mass is 301 g/mol. The van der Waals surface area contributed by atoms with Crippen LogP contribution in [0.5, 0.6) is 0 Å². The van der Waals surface area contributed by atoms with Gasteiger partial charge in [0.15, 0.2) is 5.71 Å². The summed E-state index contributed by atoms with van der Waals surface area (Å²) in [5.41, 5.74) is 2.79. The van der Waals surface area contributed by atoms with Crippen molar-refractivity contribution in [2.45, 2.75) is 19.4 Å². The standard InChI is InChI=1S/C15H15N3O4/c1-8-4-6-9(7-5-8)18-12(19)10-11(13(20)22-3)16-17-15(10,2)14(18)21/h4-7,10,17H,1-3H3/t10?,15-/m0/s1. The Morgan fingerprint density at radius 3 is 2.55 bits per heavy atom. The van der Waals surface area contributed by atoms with Crippen molar-refractivity contribution >= 4 is 29.2 Å². The fraction of sp³-hybridized carbons (Fsp3) is 0.333. The van der Waals surface area contributed by atoms with E-state index in [1.807, 2.05) is 19.1 Å². The molecule has 3 rings (SSSR count). The summed E-state index contributed by atoms with van der Waals surface area (Å²) in [7, 11) is 1.21. The van der Waals surface area contributed by atoms with E-state index in [2.05, 4.69) is 15.3 Å². The molecule has 7 nitrogen and oxygen atoms in total. The third-order valence-corrected chi connectivity index (χ3v) is 4.06. The van der Waals surface area contributed by atoms with E-state index >= 15 is 0 Å². The number of nitrogens with one attached hydrogen (secondary N) is 1. The largest absolute Gasteiger partial charge is 0.464 e. The van der Waals surface area contributed by atoms with Gasteiger partial charge in [0.1, 0.15) is 11.5 Å². The van der Waals surface area contributed by atoms with Gasteiger partial charge < -0.3 is 4.74 Å². The molecule has 2 atom stereocenters. The summed E-state index contributed by atoms with van der Waals surface area (Å²) in [6, 6.07) is 7.03. The topological polar surface area (TPSA) is 88.1 Å². The summed E-state index contributed by atoms with van der Waals surface area (Å²) >= 11 is 0. The van der Waals surface area contributed by atoms with E-state index in [4.69, 9.17) is 0 Å². The van der Waals surface area contributed by atoms with Crippen LogP contribution in [0.4, 0.5) is 5.69 Å². The van der Waals surface area contributed by atoms with Crippen molar-refractivity contribution in [3.05, 3.63) is 29.8 Å². The smallest absolute Gasteiger partial charge is 0.355 e. The minimum absolute atomic E-state index is 0.0713. The van der Waals surface area contributed by atoms with Crippen LogP contribution in [-0.4, -0.2) is 36.1 Å². The first kappa shape index (κ1) is 14.2. The molecule has 0 spiro atoms. The number of hydrazone groups is 1. The average Bonchev–Trinajstić information content (AvgIpc) is 2.95. The number of nitrogens with zero attached hydrogens (tertiary/aromatic N) is 2. The molecule has 2 aliphatic heterocycles. The number of carbonyl (C=O) groups excluding carboxylic acids is 3. The lowest BCUT2D eigenvalue weighted by Crippen LogP contribution is -2.48. The van der Waals surface area contributed by atoms with E-state index in [0.717, 1.165) is 10.5 Å². The fourth-order valence-electron chi connectivity index (χ4n) is 2.78. The third kappa shape index (κ3) is 1.75. The first-order valence-corrected chi connectivity index (χ1v) is 6.78. The maximum Gasteiger partial charge on any atom is 0.355 e. The van der Waals surface area contributed by atoms with Crippen LogP contribution >= 0.6 is 0 Å². The van der Waals surface area contributed by atoms with E-state index in [9.17, 15) is 14.4 Å². The highest BCUT2D eigenvalue weighted by atomic mass is 16.5. The summed E-state index contributed by atoms with van der Waals surface area (Å²) in [5.74, 6) is -2.61. The summed E-state index contributed by atoms with van der Waals surface area (Å²) in [6.45, 7) is 3.47. The molecule has 22 heavy (non-hydrogen) atoms. The molecule has 0 saturated carbocycles. The molecule has 2 heterocycles. The normalized spacial score (nSPS) is 26.6. The van der Waals surface area contributed by atoms with Crippen molar-refractivity contribution in [3.8, 4) is 0 Å². The Morgan fingerprint density at radius 1 is 1.32 bits per heavy atom. The summed E-state index contributed by atoms with van der Waals surface area (Å²) in [4.78, 5) is 38.2. The average molecular weight is 301 g/mol. The number of methoxy groups -OCH3 is 1. The van der Waals surface area contributed by atoms with Crippen molar-refractivity contribution in [1.29, 1.82) is 0 Å². The highest BCUT2D eigenvalue weighted by Gasteiger charge is 2.63. The van der Waals surface area contributed by atoms with E-state index < -0.39 is 29.2 Å². The molecule has 0 radical (unpaired) electrons. The lowest BCUT2D eigenvalue weighted by atomic mass is 9.86. The Hall–Kier alpha value is -2.70. The quantitative estimate of drug-likeness (QED) is 0.630. The summed E-state index contributed by atoms with van der Waals surface area (Å²) < 4.78 is 4.64. The van der Waals surface area contributed by atoms with Crippen molar-refractivity contribution < 1.29 is 19.1 Å². The molecule has 0 aliphatic carbocycles. The maximum atomic E-state index is 12.7. The zero-order valence-corrected chi connectivity index (χ0v) is 12.4. The predicted octanol–water partition coefficient (Wildman–Crippen LogP) is 0.375. The van der Waals surface area contributed by atoms with Crippen molar-refractivity contribution in [1.82, 2.24) is 5.43 Å². The number of amides is 2. The molecule has 1 unspecified atom stereocenters. The molecular formula is C15H15N3O4. The van der Waals surface area contributed by atoms with Gasteiger partial charge in [-0.25, -0.2) is 9.69 Å². The Labute approximate surface area is 126 Å². The van der Waals surface area contributed by atoms with E-state index in [-0.39, 0.29) is 5.71 Å². The number of fused-ring (bicyclic) bond motifs is 1. The predicted molar refractivity (Wildman–Crippen MR) is 78.2 cm³/mol. The summed E-state index contributed by atoms with van der Waals surface area (Å²) in [6.07, 6.45) is 0. The maximum absolute atomic E-state index is 12.7. The Bertz CT molecular complexity index is 710. The second kappa shape index (κ2) is 4.66. The zero-order valence-electron chi connectivity index (χ0n) is 12.4.